The van der Waals surface area contributed by atoms with E-state index in [1.165, 1.54) is 0 Å². The van der Waals surface area contributed by atoms with Crippen LogP contribution in [0.5, 0.6) is 5.75 Å². The molecule has 0 bridgehead atoms. The lowest BCUT2D eigenvalue weighted by molar-refractivity contribution is -0.145. The Labute approximate surface area is 194 Å². The van der Waals surface area contributed by atoms with Gasteiger partial charge < -0.3 is 24.6 Å². The van der Waals surface area contributed by atoms with Crippen molar-refractivity contribution in [1.29, 1.82) is 0 Å². The Hall–Kier alpha value is -2.28. The van der Waals surface area contributed by atoms with Crippen LogP contribution in [-0.4, -0.2) is 43.5 Å². The van der Waals surface area contributed by atoms with Crippen molar-refractivity contribution in [2.45, 2.75) is 51.7 Å². The van der Waals surface area contributed by atoms with E-state index in [0.717, 1.165) is 40.8 Å². The SMILES string of the molecule is CCCCOCc1cc(NC2(C(=O)O)CCOCC2)ccc1-c1cc(C)cc(OC)c1Cl. The number of nitrogens with one attached hydrogen (secondary N) is 1. The van der Waals surface area contributed by atoms with E-state index in [4.69, 9.17) is 25.8 Å². The van der Waals surface area contributed by atoms with Crippen LogP contribution in [0.1, 0.15) is 43.7 Å². The van der Waals surface area contributed by atoms with Gasteiger partial charge in [0.1, 0.15) is 11.3 Å². The molecule has 3 rings (SSSR count). The molecule has 1 heterocycles. The Bertz CT molecular complexity index is 940. The van der Waals surface area contributed by atoms with Crippen molar-refractivity contribution in [2.75, 3.05) is 32.2 Å². The summed E-state index contributed by atoms with van der Waals surface area (Å²) in [6.07, 6.45) is 2.85. The van der Waals surface area contributed by atoms with Gasteiger partial charge in [0, 0.05) is 43.9 Å². The Balaban J connectivity index is 1.99. The first-order valence-electron chi connectivity index (χ1n) is 11.0. The average molecular weight is 462 g/mol. The van der Waals surface area contributed by atoms with Crippen LogP contribution >= 0.6 is 11.6 Å². The van der Waals surface area contributed by atoms with Crippen LogP contribution in [-0.2, 0) is 20.9 Å². The summed E-state index contributed by atoms with van der Waals surface area (Å²) in [4.78, 5) is 12.1. The van der Waals surface area contributed by atoms with Gasteiger partial charge in [-0.15, -0.1) is 0 Å². The lowest BCUT2D eigenvalue weighted by Gasteiger charge is -2.35. The molecule has 174 valence electrons. The fourth-order valence-corrected chi connectivity index (χ4v) is 4.24. The van der Waals surface area contributed by atoms with E-state index in [1.54, 1.807) is 7.11 Å². The summed E-state index contributed by atoms with van der Waals surface area (Å²) in [5.41, 5.74) is 3.48. The number of unbranched alkanes of at least 4 members (excludes halogenated alkanes) is 1. The second kappa shape index (κ2) is 11.0. The summed E-state index contributed by atoms with van der Waals surface area (Å²) in [5.74, 6) is -0.245. The summed E-state index contributed by atoms with van der Waals surface area (Å²) >= 11 is 6.66. The third-order valence-corrected chi connectivity index (χ3v) is 6.23. The molecule has 6 nitrogen and oxygen atoms in total. The maximum Gasteiger partial charge on any atom is 0.329 e. The minimum absolute atomic E-state index is 0.403. The molecule has 0 aliphatic carbocycles. The number of ether oxygens (including phenoxy) is 3. The normalized spacial score (nSPS) is 15.4. The summed E-state index contributed by atoms with van der Waals surface area (Å²) < 4.78 is 16.8. The zero-order chi connectivity index (χ0) is 23.1. The zero-order valence-electron chi connectivity index (χ0n) is 19.0. The predicted octanol–water partition coefficient (Wildman–Crippen LogP) is 5.69. The smallest absolute Gasteiger partial charge is 0.329 e. The molecule has 2 N–H and O–H groups in total. The second-order valence-electron chi connectivity index (χ2n) is 8.23. The number of aryl methyl sites for hydroxylation is 1. The number of hydrogen-bond acceptors (Lipinski definition) is 5. The maximum absolute atomic E-state index is 12.1. The number of halogens is 1. The molecule has 7 heteroatoms. The first-order chi connectivity index (χ1) is 15.4. The number of carbonyl (C=O) groups is 1. The van der Waals surface area contributed by atoms with E-state index < -0.39 is 11.5 Å². The van der Waals surface area contributed by atoms with Gasteiger partial charge in [0.25, 0.3) is 0 Å². The lowest BCUT2D eigenvalue weighted by Crippen LogP contribution is -2.50. The molecule has 0 aromatic heterocycles. The van der Waals surface area contributed by atoms with Crippen LogP contribution in [0.4, 0.5) is 5.69 Å². The molecule has 0 unspecified atom stereocenters. The summed E-state index contributed by atoms with van der Waals surface area (Å²) in [6, 6.07) is 9.76. The van der Waals surface area contributed by atoms with Crippen molar-refractivity contribution < 1.29 is 24.1 Å². The molecule has 0 radical (unpaired) electrons. The molecular weight excluding hydrogens is 430 g/mol. The molecular formula is C25H32ClNO5. The number of hydrogen-bond donors (Lipinski definition) is 2. The molecule has 1 fully saturated rings. The Morgan fingerprint density at radius 2 is 1.97 bits per heavy atom. The first kappa shape index (κ1) is 24.4. The summed E-state index contributed by atoms with van der Waals surface area (Å²) in [6.45, 7) is 6.02. The van der Waals surface area contributed by atoms with Crippen molar-refractivity contribution in [3.05, 3.63) is 46.5 Å². The first-order valence-corrected chi connectivity index (χ1v) is 11.4. The number of aliphatic carboxylic acids is 1. The van der Waals surface area contributed by atoms with Gasteiger partial charge >= 0.3 is 5.97 Å². The monoisotopic (exact) mass is 461 g/mol. The van der Waals surface area contributed by atoms with Gasteiger partial charge in [0.2, 0.25) is 0 Å². The van der Waals surface area contributed by atoms with Crippen LogP contribution < -0.4 is 10.1 Å². The topological polar surface area (TPSA) is 77.0 Å². The molecule has 2 aromatic rings. The number of carboxylic acids is 1. The highest BCUT2D eigenvalue weighted by atomic mass is 35.5. The van der Waals surface area contributed by atoms with Crippen molar-refractivity contribution in [3.63, 3.8) is 0 Å². The van der Waals surface area contributed by atoms with E-state index in [-0.39, 0.29) is 0 Å². The highest BCUT2D eigenvalue weighted by molar-refractivity contribution is 6.35. The molecule has 32 heavy (non-hydrogen) atoms. The number of methoxy groups -OCH3 is 1. The second-order valence-corrected chi connectivity index (χ2v) is 8.61. The van der Waals surface area contributed by atoms with Gasteiger partial charge in [0.05, 0.1) is 18.7 Å². The third-order valence-electron chi connectivity index (χ3n) is 5.84. The number of anilines is 1. The maximum atomic E-state index is 12.1. The van der Waals surface area contributed by atoms with Crippen molar-refractivity contribution in [3.8, 4) is 16.9 Å². The summed E-state index contributed by atoms with van der Waals surface area (Å²) in [7, 11) is 1.60. The van der Waals surface area contributed by atoms with Crippen LogP contribution in [0.15, 0.2) is 30.3 Å². The lowest BCUT2D eigenvalue weighted by atomic mass is 9.89. The third kappa shape index (κ3) is 5.55. The molecule has 0 atom stereocenters. The van der Waals surface area contributed by atoms with E-state index >= 15 is 0 Å². The highest BCUT2D eigenvalue weighted by Gasteiger charge is 2.40. The van der Waals surface area contributed by atoms with Gasteiger partial charge in [-0.1, -0.05) is 31.0 Å². The van der Waals surface area contributed by atoms with E-state index in [1.807, 2.05) is 37.3 Å². The molecule has 1 aliphatic heterocycles. The van der Waals surface area contributed by atoms with Crippen molar-refractivity contribution in [1.82, 2.24) is 0 Å². The highest BCUT2D eigenvalue weighted by Crippen LogP contribution is 2.39. The Morgan fingerprint density at radius 3 is 2.62 bits per heavy atom. The zero-order valence-corrected chi connectivity index (χ0v) is 19.8. The van der Waals surface area contributed by atoms with E-state index in [0.29, 0.717) is 50.0 Å². The van der Waals surface area contributed by atoms with Crippen LogP contribution in [0.3, 0.4) is 0 Å². The van der Waals surface area contributed by atoms with Crippen molar-refractivity contribution >= 4 is 23.3 Å². The Kier molecular flexibility index (Phi) is 8.40. The fraction of sp³-hybridized carbons (Fsp3) is 0.480. The average Bonchev–Trinajstić information content (AvgIpc) is 2.79. The molecule has 0 spiro atoms. The van der Waals surface area contributed by atoms with Crippen LogP contribution in [0.2, 0.25) is 5.02 Å². The van der Waals surface area contributed by atoms with Gasteiger partial charge in [-0.2, -0.15) is 0 Å². The number of carboxylic acid groups (broad SMARTS) is 1. The molecule has 2 aromatic carbocycles. The minimum Gasteiger partial charge on any atom is -0.495 e. The van der Waals surface area contributed by atoms with Crippen LogP contribution in [0, 0.1) is 6.92 Å². The van der Waals surface area contributed by atoms with Crippen LogP contribution in [0.25, 0.3) is 11.1 Å². The van der Waals surface area contributed by atoms with E-state index in [9.17, 15) is 9.90 Å². The predicted molar refractivity (Wildman–Crippen MR) is 127 cm³/mol. The van der Waals surface area contributed by atoms with Gasteiger partial charge in [-0.3, -0.25) is 0 Å². The number of rotatable bonds is 10. The molecule has 1 saturated heterocycles. The van der Waals surface area contributed by atoms with Gasteiger partial charge in [-0.05, 0) is 54.3 Å². The van der Waals surface area contributed by atoms with Gasteiger partial charge in [-0.25, -0.2) is 4.79 Å². The molecule has 0 saturated carbocycles. The Morgan fingerprint density at radius 1 is 1.22 bits per heavy atom. The van der Waals surface area contributed by atoms with Crippen molar-refractivity contribution in [2.24, 2.45) is 0 Å². The largest absolute Gasteiger partial charge is 0.495 e. The minimum atomic E-state index is -1.04. The fourth-order valence-electron chi connectivity index (χ4n) is 3.95. The summed E-state index contributed by atoms with van der Waals surface area (Å²) in [5, 5.41) is 13.7. The van der Waals surface area contributed by atoms with E-state index in [2.05, 4.69) is 12.2 Å². The quantitative estimate of drug-likeness (QED) is 0.443. The van der Waals surface area contributed by atoms with Gasteiger partial charge in [0.15, 0.2) is 0 Å². The molecule has 0 amide bonds. The standard InChI is InChI=1S/C25H32ClNO5/c1-4-5-10-32-16-18-15-19(27-25(24(28)29)8-11-31-12-9-25)6-7-20(18)21-13-17(2)14-22(30-3)23(21)26/h6-7,13-15,27H,4-5,8-12,16H2,1-3H3,(H,28,29). The molecule has 1 aliphatic rings. The number of benzene rings is 2.